The van der Waals surface area contributed by atoms with Crippen LogP contribution in [-0.2, 0) is 0 Å². The van der Waals surface area contributed by atoms with E-state index in [1.165, 1.54) is 24.8 Å². The Labute approximate surface area is 129 Å². The van der Waals surface area contributed by atoms with Crippen molar-refractivity contribution < 1.29 is 9.47 Å². The second kappa shape index (κ2) is 6.35. The second-order valence-electron chi connectivity index (χ2n) is 5.64. The predicted octanol–water partition coefficient (Wildman–Crippen LogP) is 4.06. The third-order valence-electron chi connectivity index (χ3n) is 4.23. The van der Waals surface area contributed by atoms with Crippen molar-refractivity contribution in [1.29, 1.82) is 0 Å². The fourth-order valence-corrected chi connectivity index (χ4v) is 3.49. The normalized spacial score (nSPS) is 19.5. The third kappa shape index (κ3) is 2.82. The van der Waals surface area contributed by atoms with Crippen LogP contribution in [0.1, 0.15) is 44.2 Å². The van der Waals surface area contributed by atoms with Gasteiger partial charge in [-0.1, -0.05) is 29.3 Å². The first-order valence-electron chi connectivity index (χ1n) is 7.62. The van der Waals surface area contributed by atoms with E-state index in [9.17, 15) is 0 Å². The summed E-state index contributed by atoms with van der Waals surface area (Å²) >= 11 is 3.71. The zero-order valence-corrected chi connectivity index (χ0v) is 13.5. The maximum Gasteiger partial charge on any atom is 0.162 e. The number of hydrogen-bond donors (Lipinski definition) is 1. The van der Waals surface area contributed by atoms with Gasteiger partial charge in [-0.2, -0.15) is 0 Å². The van der Waals surface area contributed by atoms with Gasteiger partial charge in [0.2, 0.25) is 0 Å². The molecule has 0 amide bonds. The van der Waals surface area contributed by atoms with E-state index in [4.69, 9.17) is 9.47 Å². The minimum atomic E-state index is 0.425. The van der Waals surface area contributed by atoms with Gasteiger partial charge < -0.3 is 14.8 Å². The van der Waals surface area contributed by atoms with Gasteiger partial charge in [0.15, 0.2) is 11.5 Å². The Balaban J connectivity index is 1.88. The van der Waals surface area contributed by atoms with Crippen LogP contribution in [0.5, 0.6) is 11.5 Å². The Bertz CT molecular complexity index is 474. The van der Waals surface area contributed by atoms with E-state index >= 15 is 0 Å². The largest absolute Gasteiger partial charge is 0.486 e. The standard InChI is InChI=1S/C16H22BrNO2/c1-2-6-18-16(11-4-3-5-11)12-9-14-15(10-13(12)17)20-8-7-19-14/h9-11,16,18H,2-8H2,1H3. The fourth-order valence-electron chi connectivity index (χ4n) is 2.92. The summed E-state index contributed by atoms with van der Waals surface area (Å²) in [6.07, 6.45) is 5.16. The van der Waals surface area contributed by atoms with Gasteiger partial charge in [-0.05, 0) is 49.4 Å². The topological polar surface area (TPSA) is 30.5 Å². The van der Waals surface area contributed by atoms with E-state index < -0.39 is 0 Å². The molecule has 1 N–H and O–H groups in total. The smallest absolute Gasteiger partial charge is 0.162 e. The van der Waals surface area contributed by atoms with E-state index in [2.05, 4.69) is 40.3 Å². The molecule has 4 heteroatoms. The lowest BCUT2D eigenvalue weighted by Gasteiger charge is -2.36. The van der Waals surface area contributed by atoms with Crippen LogP contribution in [0.3, 0.4) is 0 Å². The number of fused-ring (bicyclic) bond motifs is 1. The van der Waals surface area contributed by atoms with Crippen molar-refractivity contribution >= 4 is 15.9 Å². The molecule has 1 aliphatic heterocycles. The van der Waals surface area contributed by atoms with E-state index in [-0.39, 0.29) is 0 Å². The highest BCUT2D eigenvalue weighted by atomic mass is 79.9. The monoisotopic (exact) mass is 339 g/mol. The predicted molar refractivity (Wildman–Crippen MR) is 83.5 cm³/mol. The van der Waals surface area contributed by atoms with Crippen LogP contribution in [0.4, 0.5) is 0 Å². The van der Waals surface area contributed by atoms with Crippen molar-refractivity contribution in [1.82, 2.24) is 5.32 Å². The summed E-state index contributed by atoms with van der Waals surface area (Å²) in [4.78, 5) is 0. The Morgan fingerprint density at radius 3 is 2.55 bits per heavy atom. The van der Waals surface area contributed by atoms with Crippen LogP contribution in [0.25, 0.3) is 0 Å². The maximum absolute atomic E-state index is 5.73. The molecule has 3 nitrogen and oxygen atoms in total. The molecule has 1 fully saturated rings. The molecule has 0 aromatic heterocycles. The molecule has 2 aliphatic rings. The molecular formula is C16H22BrNO2. The van der Waals surface area contributed by atoms with Crippen LogP contribution in [0.15, 0.2) is 16.6 Å². The summed E-state index contributed by atoms with van der Waals surface area (Å²) in [5, 5.41) is 3.71. The van der Waals surface area contributed by atoms with Crippen LogP contribution in [-0.4, -0.2) is 19.8 Å². The molecule has 0 radical (unpaired) electrons. The average Bonchev–Trinajstić information content (AvgIpc) is 2.40. The van der Waals surface area contributed by atoms with Gasteiger partial charge in [0.1, 0.15) is 13.2 Å². The Hall–Kier alpha value is -0.740. The van der Waals surface area contributed by atoms with Gasteiger partial charge in [-0.25, -0.2) is 0 Å². The minimum absolute atomic E-state index is 0.425. The molecule has 1 aromatic rings. The second-order valence-corrected chi connectivity index (χ2v) is 6.49. The Morgan fingerprint density at radius 2 is 1.95 bits per heavy atom. The number of halogens is 1. The molecule has 1 unspecified atom stereocenters. The zero-order chi connectivity index (χ0) is 13.9. The highest BCUT2D eigenvalue weighted by molar-refractivity contribution is 9.10. The number of hydrogen-bond acceptors (Lipinski definition) is 3. The van der Waals surface area contributed by atoms with Crippen molar-refractivity contribution in [2.24, 2.45) is 5.92 Å². The van der Waals surface area contributed by atoms with E-state index in [1.54, 1.807) is 0 Å². The number of benzene rings is 1. The maximum atomic E-state index is 5.73. The molecule has 20 heavy (non-hydrogen) atoms. The first-order chi connectivity index (χ1) is 9.79. The summed E-state index contributed by atoms with van der Waals surface area (Å²) in [6.45, 7) is 4.55. The summed E-state index contributed by atoms with van der Waals surface area (Å²) in [7, 11) is 0. The first kappa shape index (κ1) is 14.2. The molecule has 1 aromatic carbocycles. The van der Waals surface area contributed by atoms with Crippen LogP contribution in [0.2, 0.25) is 0 Å². The lowest BCUT2D eigenvalue weighted by Crippen LogP contribution is -2.33. The molecule has 1 atom stereocenters. The number of rotatable bonds is 5. The SMILES string of the molecule is CCCNC(c1cc2c(cc1Br)OCCO2)C1CCC1. The Kier molecular flexibility index (Phi) is 4.51. The third-order valence-corrected chi connectivity index (χ3v) is 4.92. The van der Waals surface area contributed by atoms with Gasteiger partial charge in [0.05, 0.1) is 0 Å². The van der Waals surface area contributed by atoms with E-state index in [0.717, 1.165) is 34.9 Å². The van der Waals surface area contributed by atoms with Crippen LogP contribution < -0.4 is 14.8 Å². The van der Waals surface area contributed by atoms with Crippen molar-refractivity contribution in [3.8, 4) is 11.5 Å². The van der Waals surface area contributed by atoms with Gasteiger partial charge in [0.25, 0.3) is 0 Å². The molecule has 3 rings (SSSR count). The quantitative estimate of drug-likeness (QED) is 0.877. The summed E-state index contributed by atoms with van der Waals surface area (Å²) in [5.74, 6) is 2.49. The molecule has 0 bridgehead atoms. The van der Waals surface area contributed by atoms with Gasteiger partial charge >= 0.3 is 0 Å². The minimum Gasteiger partial charge on any atom is -0.486 e. The van der Waals surface area contributed by atoms with Crippen LogP contribution in [0, 0.1) is 5.92 Å². The number of ether oxygens (including phenoxy) is 2. The van der Waals surface area contributed by atoms with Gasteiger partial charge in [-0.3, -0.25) is 0 Å². The highest BCUT2D eigenvalue weighted by Gasteiger charge is 2.30. The summed E-state index contributed by atoms with van der Waals surface area (Å²) < 4.78 is 12.5. The average molecular weight is 340 g/mol. The zero-order valence-electron chi connectivity index (χ0n) is 12.0. The van der Waals surface area contributed by atoms with Crippen molar-refractivity contribution in [2.75, 3.05) is 19.8 Å². The Morgan fingerprint density at radius 1 is 1.25 bits per heavy atom. The van der Waals surface area contributed by atoms with E-state index in [1.807, 2.05) is 0 Å². The number of nitrogens with one attached hydrogen (secondary N) is 1. The molecular weight excluding hydrogens is 318 g/mol. The van der Waals surface area contributed by atoms with Crippen LogP contribution >= 0.6 is 15.9 Å². The molecule has 1 saturated carbocycles. The summed E-state index contributed by atoms with van der Waals surface area (Å²) in [6, 6.07) is 4.64. The fraction of sp³-hybridized carbons (Fsp3) is 0.625. The van der Waals surface area contributed by atoms with Crippen molar-refractivity contribution in [3.63, 3.8) is 0 Å². The summed E-state index contributed by atoms with van der Waals surface area (Å²) in [5.41, 5.74) is 1.31. The van der Waals surface area contributed by atoms with Gasteiger partial charge in [-0.15, -0.1) is 0 Å². The molecule has 1 heterocycles. The molecule has 1 aliphatic carbocycles. The molecule has 110 valence electrons. The lowest BCUT2D eigenvalue weighted by molar-refractivity contribution is 0.170. The van der Waals surface area contributed by atoms with Gasteiger partial charge in [0, 0.05) is 10.5 Å². The highest BCUT2D eigenvalue weighted by Crippen LogP contribution is 2.44. The van der Waals surface area contributed by atoms with Crippen molar-refractivity contribution in [2.45, 2.75) is 38.6 Å². The van der Waals surface area contributed by atoms with E-state index in [0.29, 0.717) is 19.3 Å². The molecule has 0 saturated heterocycles. The molecule has 0 spiro atoms. The van der Waals surface area contributed by atoms with Crippen molar-refractivity contribution in [3.05, 3.63) is 22.2 Å². The first-order valence-corrected chi connectivity index (χ1v) is 8.41. The lowest BCUT2D eigenvalue weighted by atomic mass is 9.77.